The van der Waals surface area contributed by atoms with Gasteiger partial charge in [-0.2, -0.15) is 0 Å². The van der Waals surface area contributed by atoms with Gasteiger partial charge in [-0.1, -0.05) is 0 Å². The largest absolute Gasteiger partial charge is 0.464 e. The molecule has 0 spiro atoms. The molecular formula is C12H16N2O3S2. The molecular weight excluding hydrogens is 284 g/mol. The van der Waals surface area contributed by atoms with E-state index in [0.717, 1.165) is 10.4 Å². The third-order valence-corrected chi connectivity index (χ3v) is 5.34. The zero-order valence-corrected chi connectivity index (χ0v) is 12.4. The highest BCUT2D eigenvalue weighted by Gasteiger charge is 2.21. The SMILES string of the molecule is Cc1ccsc1CNS(=O)(=O)c1cc(CN)oc1C. The molecule has 5 nitrogen and oxygen atoms in total. The second kappa shape index (κ2) is 5.46. The predicted molar refractivity (Wildman–Crippen MR) is 74.4 cm³/mol. The topological polar surface area (TPSA) is 85.3 Å². The Morgan fingerprint density at radius 2 is 2.16 bits per heavy atom. The maximum Gasteiger partial charge on any atom is 0.244 e. The summed E-state index contributed by atoms with van der Waals surface area (Å²) in [6, 6.07) is 3.43. The smallest absolute Gasteiger partial charge is 0.244 e. The first-order chi connectivity index (χ1) is 8.94. The fourth-order valence-corrected chi connectivity index (χ4v) is 3.85. The third kappa shape index (κ3) is 3.06. The monoisotopic (exact) mass is 300 g/mol. The van der Waals surface area contributed by atoms with Gasteiger partial charge in [-0.25, -0.2) is 13.1 Å². The van der Waals surface area contributed by atoms with Crippen molar-refractivity contribution in [2.24, 2.45) is 5.73 Å². The highest BCUT2D eigenvalue weighted by molar-refractivity contribution is 7.89. The van der Waals surface area contributed by atoms with Gasteiger partial charge >= 0.3 is 0 Å². The number of nitrogens with two attached hydrogens (primary N) is 1. The van der Waals surface area contributed by atoms with Crippen molar-refractivity contribution < 1.29 is 12.8 Å². The van der Waals surface area contributed by atoms with Crippen LogP contribution >= 0.6 is 11.3 Å². The molecule has 0 aliphatic carbocycles. The average Bonchev–Trinajstić information content (AvgIpc) is 2.93. The third-order valence-electron chi connectivity index (χ3n) is 2.80. The van der Waals surface area contributed by atoms with Crippen LogP contribution in [0.4, 0.5) is 0 Å². The molecule has 3 N–H and O–H groups in total. The van der Waals surface area contributed by atoms with Gasteiger partial charge in [0, 0.05) is 17.5 Å². The van der Waals surface area contributed by atoms with Crippen LogP contribution in [-0.4, -0.2) is 8.42 Å². The summed E-state index contributed by atoms with van der Waals surface area (Å²) in [4.78, 5) is 1.16. The molecule has 0 saturated heterocycles. The molecule has 0 aromatic carbocycles. The zero-order valence-electron chi connectivity index (χ0n) is 10.8. The minimum Gasteiger partial charge on any atom is -0.464 e. The summed E-state index contributed by atoms with van der Waals surface area (Å²) in [5.41, 5.74) is 6.52. The Balaban J connectivity index is 2.18. The summed E-state index contributed by atoms with van der Waals surface area (Å²) in [7, 11) is -3.57. The molecule has 0 saturated carbocycles. The first-order valence-electron chi connectivity index (χ1n) is 5.76. The van der Waals surface area contributed by atoms with Crippen LogP contribution in [0.5, 0.6) is 0 Å². The van der Waals surface area contributed by atoms with Gasteiger partial charge in [-0.15, -0.1) is 11.3 Å². The van der Waals surface area contributed by atoms with Crippen LogP contribution in [0.1, 0.15) is 22.0 Å². The molecule has 0 atom stereocenters. The van der Waals surface area contributed by atoms with E-state index in [1.807, 2.05) is 18.4 Å². The highest BCUT2D eigenvalue weighted by Crippen LogP contribution is 2.21. The molecule has 0 bridgehead atoms. The lowest BCUT2D eigenvalue weighted by molar-refractivity contribution is 0.478. The molecule has 0 aliphatic rings. The maximum atomic E-state index is 12.2. The summed E-state index contributed by atoms with van der Waals surface area (Å²) >= 11 is 1.53. The maximum absolute atomic E-state index is 12.2. The number of furan rings is 1. The highest BCUT2D eigenvalue weighted by atomic mass is 32.2. The Morgan fingerprint density at radius 3 is 2.68 bits per heavy atom. The minimum absolute atomic E-state index is 0.155. The lowest BCUT2D eigenvalue weighted by Gasteiger charge is -2.04. The molecule has 0 radical (unpaired) electrons. The average molecular weight is 300 g/mol. The fourth-order valence-electron chi connectivity index (χ4n) is 1.72. The second-order valence-corrected chi connectivity index (χ2v) is 6.92. The number of rotatable bonds is 5. The van der Waals surface area contributed by atoms with E-state index < -0.39 is 10.0 Å². The lowest BCUT2D eigenvalue weighted by Crippen LogP contribution is -2.23. The van der Waals surface area contributed by atoms with Crippen molar-refractivity contribution in [2.75, 3.05) is 0 Å². The number of hydrogen-bond donors (Lipinski definition) is 2. The van der Waals surface area contributed by atoms with E-state index in [9.17, 15) is 8.42 Å². The van der Waals surface area contributed by atoms with Crippen LogP contribution in [0.2, 0.25) is 0 Å². The second-order valence-electron chi connectivity index (χ2n) is 4.19. The Morgan fingerprint density at radius 1 is 1.42 bits per heavy atom. The standard InChI is InChI=1S/C12H16N2O3S2/c1-8-3-4-18-11(8)7-14-19(15,16)12-5-10(6-13)17-9(12)2/h3-5,14H,6-7,13H2,1-2H3. The van der Waals surface area contributed by atoms with E-state index in [0.29, 0.717) is 11.5 Å². The Bertz CT molecular complexity index is 671. The first kappa shape index (κ1) is 14.3. The van der Waals surface area contributed by atoms with Crippen LogP contribution in [0.25, 0.3) is 0 Å². The van der Waals surface area contributed by atoms with Crippen molar-refractivity contribution in [1.82, 2.24) is 4.72 Å². The van der Waals surface area contributed by atoms with Crippen LogP contribution in [0.15, 0.2) is 26.8 Å². The number of nitrogens with one attached hydrogen (secondary N) is 1. The lowest BCUT2D eigenvalue weighted by atomic mass is 10.3. The number of hydrogen-bond acceptors (Lipinski definition) is 5. The van der Waals surface area contributed by atoms with Crippen molar-refractivity contribution in [3.63, 3.8) is 0 Å². The Labute approximate surface area is 116 Å². The summed E-state index contributed by atoms with van der Waals surface area (Å²) in [6.07, 6.45) is 0. The van der Waals surface area contributed by atoms with Crippen molar-refractivity contribution in [3.05, 3.63) is 39.5 Å². The molecule has 2 heterocycles. The molecule has 0 fully saturated rings. The van der Waals surface area contributed by atoms with Gasteiger partial charge in [-0.3, -0.25) is 0 Å². The Hall–Kier alpha value is -1.15. The van der Waals surface area contributed by atoms with Crippen LogP contribution in [0, 0.1) is 13.8 Å². The van der Waals surface area contributed by atoms with Gasteiger partial charge in [0.25, 0.3) is 0 Å². The van der Waals surface area contributed by atoms with E-state index in [2.05, 4.69) is 4.72 Å². The van der Waals surface area contributed by atoms with Gasteiger partial charge in [0.2, 0.25) is 10.0 Å². The number of aryl methyl sites for hydroxylation is 2. The molecule has 2 aromatic heterocycles. The molecule has 104 valence electrons. The van der Waals surface area contributed by atoms with Crippen molar-refractivity contribution >= 4 is 21.4 Å². The van der Waals surface area contributed by atoms with Crippen molar-refractivity contribution in [1.29, 1.82) is 0 Å². The number of sulfonamides is 1. The van der Waals surface area contributed by atoms with Crippen molar-refractivity contribution in [2.45, 2.75) is 31.8 Å². The van der Waals surface area contributed by atoms with Gasteiger partial charge in [0.15, 0.2) is 0 Å². The molecule has 0 amide bonds. The summed E-state index contributed by atoms with van der Waals surface area (Å²) in [5, 5.41) is 1.94. The van der Waals surface area contributed by atoms with E-state index in [1.54, 1.807) is 6.92 Å². The first-order valence-corrected chi connectivity index (χ1v) is 8.12. The quantitative estimate of drug-likeness (QED) is 0.883. The summed E-state index contributed by atoms with van der Waals surface area (Å²) < 4.78 is 32.2. The number of thiophene rings is 1. The van der Waals surface area contributed by atoms with E-state index in [1.165, 1.54) is 17.4 Å². The molecule has 19 heavy (non-hydrogen) atoms. The van der Waals surface area contributed by atoms with E-state index >= 15 is 0 Å². The predicted octanol–water partition coefficient (Wildman–Crippen LogP) is 1.90. The van der Waals surface area contributed by atoms with Crippen LogP contribution < -0.4 is 10.5 Å². The van der Waals surface area contributed by atoms with Gasteiger partial charge in [-0.05, 0) is 30.9 Å². The molecule has 0 aliphatic heterocycles. The molecule has 0 unspecified atom stereocenters. The normalized spacial score (nSPS) is 11.9. The molecule has 7 heteroatoms. The molecule has 2 aromatic rings. The fraction of sp³-hybridized carbons (Fsp3) is 0.333. The minimum atomic E-state index is -3.57. The van der Waals surface area contributed by atoms with Crippen molar-refractivity contribution in [3.8, 4) is 0 Å². The van der Waals surface area contributed by atoms with Gasteiger partial charge in [0.1, 0.15) is 16.4 Å². The van der Waals surface area contributed by atoms with Gasteiger partial charge < -0.3 is 10.2 Å². The zero-order chi connectivity index (χ0) is 14.0. The molecule has 2 rings (SSSR count). The van der Waals surface area contributed by atoms with Crippen LogP contribution in [-0.2, 0) is 23.1 Å². The van der Waals surface area contributed by atoms with Crippen LogP contribution in [0.3, 0.4) is 0 Å². The Kier molecular flexibility index (Phi) is 4.10. The summed E-state index contributed by atoms with van der Waals surface area (Å²) in [5.74, 6) is 0.820. The van der Waals surface area contributed by atoms with E-state index in [4.69, 9.17) is 10.2 Å². The summed E-state index contributed by atoms with van der Waals surface area (Å²) in [6.45, 7) is 4.04. The van der Waals surface area contributed by atoms with Gasteiger partial charge in [0.05, 0.1) is 6.54 Å². The van der Waals surface area contributed by atoms with E-state index in [-0.39, 0.29) is 18.0 Å².